The quantitative estimate of drug-likeness (QED) is 0.639. The molecule has 0 N–H and O–H groups in total. The molecule has 0 fully saturated rings. The zero-order valence-electron chi connectivity index (χ0n) is 11.6. The lowest BCUT2D eigenvalue weighted by atomic mass is 10.0. The molecule has 9 heteroatoms. The highest BCUT2D eigenvalue weighted by Crippen LogP contribution is 2.40. The zero-order chi connectivity index (χ0) is 16.6. The Balaban J connectivity index is 1.94. The Morgan fingerprint density at radius 3 is 2.61 bits per heavy atom. The van der Waals surface area contributed by atoms with E-state index in [1.54, 1.807) is 30.3 Å². The molecule has 0 radical (unpaired) electrons. The number of aldehydes is 1. The lowest BCUT2D eigenvalue weighted by Gasteiger charge is -2.13. The average molecular weight is 329 g/mol. The third-order valence-electron chi connectivity index (χ3n) is 3.50. The number of hydrogen-bond donors (Lipinski definition) is 0. The van der Waals surface area contributed by atoms with Crippen molar-refractivity contribution in [3.05, 3.63) is 47.5 Å². The maximum absolute atomic E-state index is 14.1. The predicted octanol–water partition coefficient (Wildman–Crippen LogP) is 3.06. The normalized spacial score (nSPS) is 21.9. The third kappa shape index (κ3) is 3.09. The van der Waals surface area contributed by atoms with E-state index in [-0.39, 0.29) is 18.5 Å². The van der Waals surface area contributed by atoms with Gasteiger partial charge in [-0.3, -0.25) is 9.53 Å². The molecule has 1 aromatic carbocycles. The summed E-state index contributed by atoms with van der Waals surface area (Å²) in [6.45, 7) is 0. The van der Waals surface area contributed by atoms with Crippen molar-refractivity contribution in [2.75, 3.05) is 0 Å². The molecule has 1 aliphatic rings. The zero-order valence-corrected chi connectivity index (χ0v) is 11.6. The van der Waals surface area contributed by atoms with Gasteiger partial charge in [-0.25, -0.2) is 14.1 Å². The molecule has 1 aromatic heterocycles. The number of rotatable bonds is 4. The average Bonchev–Trinajstić information content (AvgIpc) is 3.06. The lowest BCUT2D eigenvalue weighted by Crippen LogP contribution is -2.20. The van der Waals surface area contributed by atoms with E-state index >= 15 is 0 Å². The van der Waals surface area contributed by atoms with Crippen LogP contribution in [0.4, 0.5) is 17.6 Å². The van der Waals surface area contributed by atoms with Gasteiger partial charge in [0.25, 0.3) is 0 Å². The van der Waals surface area contributed by atoms with Gasteiger partial charge in [0.15, 0.2) is 30.2 Å². The van der Waals surface area contributed by atoms with Crippen molar-refractivity contribution in [3.8, 4) is 0 Å². The molecule has 3 atom stereocenters. The minimum absolute atomic E-state index is 0.0662. The van der Waals surface area contributed by atoms with Crippen molar-refractivity contribution in [2.24, 2.45) is 0 Å². The largest absolute Gasteiger partial charge is 0.523 e. The summed E-state index contributed by atoms with van der Waals surface area (Å²) < 4.78 is 55.8. The first-order valence-electron chi connectivity index (χ1n) is 6.74. The molecule has 0 saturated heterocycles. The Morgan fingerprint density at radius 2 is 2.00 bits per heavy atom. The van der Waals surface area contributed by atoms with Crippen LogP contribution in [0.5, 0.6) is 0 Å². The van der Waals surface area contributed by atoms with Crippen LogP contribution in [0.15, 0.2) is 30.3 Å². The first-order valence-corrected chi connectivity index (χ1v) is 6.74. The Labute approximate surface area is 127 Å². The molecule has 5 nitrogen and oxygen atoms in total. The van der Waals surface area contributed by atoms with Crippen LogP contribution in [-0.4, -0.2) is 27.4 Å². The number of ether oxygens (including phenoxy) is 1. The first-order chi connectivity index (χ1) is 10.9. The Hall–Kier alpha value is -2.29. The summed E-state index contributed by atoms with van der Waals surface area (Å²) in [6.07, 6.45) is -8.49. The smallest absolute Gasteiger partial charge is 0.300 e. The second-order valence-corrected chi connectivity index (χ2v) is 5.02. The fourth-order valence-electron chi connectivity index (χ4n) is 2.56. The molecule has 0 aliphatic carbocycles. The van der Waals surface area contributed by atoms with Crippen LogP contribution in [0.25, 0.3) is 0 Å². The van der Waals surface area contributed by atoms with Crippen LogP contribution in [0.2, 0.25) is 0 Å². The summed E-state index contributed by atoms with van der Waals surface area (Å²) in [5.41, 5.74) is 0.754. The van der Waals surface area contributed by atoms with Gasteiger partial charge >= 0.3 is 6.36 Å². The number of benzene rings is 1. The van der Waals surface area contributed by atoms with Crippen molar-refractivity contribution in [3.63, 3.8) is 0 Å². The number of halogens is 4. The van der Waals surface area contributed by atoms with Gasteiger partial charge in [-0.05, 0) is 5.56 Å². The highest BCUT2D eigenvalue weighted by atomic mass is 19.4. The van der Waals surface area contributed by atoms with Gasteiger partial charge in [-0.2, -0.15) is 5.10 Å². The Kier molecular flexibility index (Phi) is 3.88. The van der Waals surface area contributed by atoms with E-state index in [0.29, 0.717) is 0 Å². The summed E-state index contributed by atoms with van der Waals surface area (Å²) in [5.74, 6) is -0.609. The van der Waals surface area contributed by atoms with Gasteiger partial charge in [0.1, 0.15) is 0 Å². The van der Waals surface area contributed by atoms with E-state index in [2.05, 4.69) is 14.8 Å². The minimum atomic E-state index is -5.02. The van der Waals surface area contributed by atoms with E-state index in [4.69, 9.17) is 0 Å². The molecule has 1 aliphatic heterocycles. The van der Waals surface area contributed by atoms with Gasteiger partial charge in [0.05, 0.1) is 6.04 Å². The molecular formula is C14H11F4N3O2. The van der Waals surface area contributed by atoms with Crippen LogP contribution >= 0.6 is 0 Å². The van der Waals surface area contributed by atoms with Crippen molar-refractivity contribution in [1.29, 1.82) is 0 Å². The molecule has 0 spiro atoms. The third-order valence-corrected chi connectivity index (χ3v) is 3.50. The number of carbonyl (C=O) groups is 1. The molecule has 0 amide bonds. The molecule has 122 valence electrons. The number of carbonyl (C=O) groups excluding carboxylic acids is 1. The summed E-state index contributed by atoms with van der Waals surface area (Å²) in [5, 5.41) is 3.86. The van der Waals surface area contributed by atoms with Crippen molar-refractivity contribution < 1.29 is 27.1 Å². The highest BCUT2D eigenvalue weighted by molar-refractivity contribution is 5.57. The van der Waals surface area contributed by atoms with Gasteiger partial charge in [0.2, 0.25) is 0 Å². The van der Waals surface area contributed by atoms with Crippen LogP contribution in [0.1, 0.15) is 42.0 Å². The predicted molar refractivity (Wildman–Crippen MR) is 69.0 cm³/mol. The number of nitrogens with zero attached hydrogens (tertiary/aromatic N) is 3. The summed E-state index contributed by atoms with van der Waals surface area (Å²) in [6, 6.07) is 8.35. The summed E-state index contributed by atoms with van der Waals surface area (Å²) >= 11 is 0. The van der Waals surface area contributed by atoms with Crippen LogP contribution < -0.4 is 0 Å². The molecule has 3 rings (SSSR count). The molecule has 2 aromatic rings. The second kappa shape index (κ2) is 5.73. The number of hydrogen-bond acceptors (Lipinski definition) is 4. The molecule has 0 saturated carbocycles. The number of aromatic nitrogens is 3. The Bertz CT molecular complexity index is 702. The topological polar surface area (TPSA) is 57.0 Å². The Morgan fingerprint density at radius 1 is 1.30 bits per heavy atom. The monoisotopic (exact) mass is 329 g/mol. The first kappa shape index (κ1) is 15.6. The van der Waals surface area contributed by atoms with Crippen LogP contribution in [-0.2, 0) is 9.53 Å². The molecule has 23 heavy (non-hydrogen) atoms. The minimum Gasteiger partial charge on any atom is -0.300 e. The second-order valence-electron chi connectivity index (χ2n) is 5.02. The lowest BCUT2D eigenvalue weighted by molar-refractivity contribution is -0.338. The highest BCUT2D eigenvalue weighted by Gasteiger charge is 2.40. The van der Waals surface area contributed by atoms with Gasteiger partial charge in [0, 0.05) is 6.42 Å². The fourth-order valence-corrected chi connectivity index (χ4v) is 2.56. The van der Waals surface area contributed by atoms with E-state index in [9.17, 15) is 22.4 Å². The maximum atomic E-state index is 14.1. The number of alkyl halides is 4. The van der Waals surface area contributed by atoms with Crippen molar-refractivity contribution in [2.45, 2.75) is 31.1 Å². The van der Waals surface area contributed by atoms with E-state index in [0.717, 1.165) is 5.56 Å². The van der Waals surface area contributed by atoms with Gasteiger partial charge in [-0.15, -0.1) is 13.2 Å². The summed E-state index contributed by atoms with van der Waals surface area (Å²) in [4.78, 5) is 14.6. The van der Waals surface area contributed by atoms with Crippen LogP contribution in [0, 0.1) is 0 Å². The number of fused-ring (bicyclic) bond motifs is 1. The van der Waals surface area contributed by atoms with Crippen molar-refractivity contribution >= 4 is 6.29 Å². The van der Waals surface area contributed by atoms with E-state index in [1.165, 1.54) is 4.68 Å². The SMILES string of the molecule is O=CC(OC(F)(F)F)c1nc2n(n1)[C@H](c1ccccc1)C[C@@H]2F. The van der Waals surface area contributed by atoms with E-state index in [1.807, 2.05) is 0 Å². The molecule has 1 unspecified atom stereocenters. The maximum Gasteiger partial charge on any atom is 0.523 e. The molecule has 2 heterocycles. The fraction of sp³-hybridized carbons (Fsp3) is 0.357. The molecule has 0 bridgehead atoms. The van der Waals surface area contributed by atoms with Crippen LogP contribution in [0.3, 0.4) is 0 Å². The van der Waals surface area contributed by atoms with E-state index < -0.39 is 30.5 Å². The summed E-state index contributed by atoms with van der Waals surface area (Å²) in [7, 11) is 0. The van der Waals surface area contributed by atoms with Crippen molar-refractivity contribution in [1.82, 2.24) is 14.8 Å². The van der Waals surface area contributed by atoms with Gasteiger partial charge < -0.3 is 0 Å². The molecular weight excluding hydrogens is 318 g/mol. The van der Waals surface area contributed by atoms with Gasteiger partial charge in [-0.1, -0.05) is 30.3 Å². The standard InChI is InChI=1S/C14H11F4N3O2/c15-9-6-10(8-4-2-1-3-5-8)21-13(9)19-12(20-21)11(7-22)23-14(16,17)18/h1-5,7,9-11H,6H2/t9-,10-,11?/m0/s1.